The van der Waals surface area contributed by atoms with E-state index < -0.39 is 97.5 Å². The Balaban J connectivity index is 5.25. The summed E-state index contributed by atoms with van der Waals surface area (Å²) >= 11 is 0. The number of phosphoric acid groups is 2. The second kappa shape index (κ2) is 69.1. The maximum Gasteiger partial charge on any atom is 0.472 e. The highest BCUT2D eigenvalue weighted by atomic mass is 31.2. The zero-order chi connectivity index (χ0) is 73.1. The van der Waals surface area contributed by atoms with E-state index in [1.54, 1.807) is 0 Å². The third-order valence-electron chi connectivity index (χ3n) is 19.7. The second-order valence-corrected chi connectivity index (χ2v) is 32.9. The average molecular weight is 1450 g/mol. The van der Waals surface area contributed by atoms with Crippen LogP contribution in [0.4, 0.5) is 0 Å². The lowest BCUT2D eigenvalue weighted by Gasteiger charge is -2.21. The summed E-state index contributed by atoms with van der Waals surface area (Å²) in [6.45, 7) is 14.3. The van der Waals surface area contributed by atoms with Gasteiger partial charge in [0.15, 0.2) is 12.2 Å². The zero-order valence-corrected chi connectivity index (χ0v) is 66.9. The first-order chi connectivity index (χ1) is 47.7. The van der Waals surface area contributed by atoms with Gasteiger partial charge in [0.2, 0.25) is 0 Å². The van der Waals surface area contributed by atoms with Crippen LogP contribution >= 0.6 is 15.6 Å². The van der Waals surface area contributed by atoms with Crippen molar-refractivity contribution in [3.8, 4) is 0 Å². The highest BCUT2D eigenvalue weighted by molar-refractivity contribution is 7.47. The predicted octanol–water partition coefficient (Wildman–Crippen LogP) is 23.6. The van der Waals surface area contributed by atoms with E-state index >= 15 is 0 Å². The van der Waals surface area contributed by atoms with Crippen LogP contribution in [0.5, 0.6) is 0 Å². The lowest BCUT2D eigenvalue weighted by Crippen LogP contribution is -2.30. The summed E-state index contributed by atoms with van der Waals surface area (Å²) in [6, 6.07) is 0. The van der Waals surface area contributed by atoms with Crippen LogP contribution in [0.2, 0.25) is 0 Å². The van der Waals surface area contributed by atoms with Crippen LogP contribution in [0.15, 0.2) is 0 Å². The van der Waals surface area contributed by atoms with Crippen molar-refractivity contribution in [3.05, 3.63) is 0 Å². The molecule has 0 saturated carbocycles. The number of carbonyl (C=O) groups is 4. The number of phosphoric ester groups is 2. The molecule has 0 heterocycles. The zero-order valence-electron chi connectivity index (χ0n) is 65.1. The number of aliphatic hydroxyl groups is 1. The maximum absolute atomic E-state index is 13.1. The molecule has 0 rings (SSSR count). The molecular weight excluding hydrogens is 1290 g/mol. The summed E-state index contributed by atoms with van der Waals surface area (Å²) in [5.41, 5.74) is 0. The Kier molecular flexibility index (Phi) is 67.8. The van der Waals surface area contributed by atoms with E-state index in [2.05, 4.69) is 55.4 Å². The molecule has 8 atom stereocenters. The highest BCUT2D eigenvalue weighted by Gasteiger charge is 2.30. The van der Waals surface area contributed by atoms with Crippen molar-refractivity contribution in [2.24, 2.45) is 23.7 Å². The van der Waals surface area contributed by atoms with Crippen molar-refractivity contribution in [2.45, 2.75) is 427 Å². The van der Waals surface area contributed by atoms with E-state index in [0.717, 1.165) is 120 Å². The summed E-state index contributed by atoms with van der Waals surface area (Å²) in [5, 5.41) is 10.6. The van der Waals surface area contributed by atoms with Crippen LogP contribution in [0.1, 0.15) is 409 Å². The summed E-state index contributed by atoms with van der Waals surface area (Å²) in [5.74, 6) is 1.07. The monoisotopic (exact) mass is 1450 g/mol. The summed E-state index contributed by atoms with van der Waals surface area (Å²) in [4.78, 5) is 73.0. The van der Waals surface area contributed by atoms with Gasteiger partial charge in [0.25, 0.3) is 0 Å². The SMILES string of the molecule is CCC(C)CCCCCCCCCCCCCCCCC(=O)O[C@H](COC(=O)CCCCCCCCC(C)CC)COP(=O)(O)OC[C@H](O)COP(=O)(O)OC[C@@H](COC(=O)CCCCCCCCCCCCC(C)CC)OC(=O)CCCCCCCCCCCCCCCCC(C)C. The molecule has 0 aliphatic carbocycles. The second-order valence-electron chi connectivity index (χ2n) is 30.0. The van der Waals surface area contributed by atoms with Gasteiger partial charge in [-0.3, -0.25) is 37.3 Å². The Labute approximate surface area is 607 Å². The van der Waals surface area contributed by atoms with Crippen LogP contribution < -0.4 is 0 Å². The van der Waals surface area contributed by atoms with Gasteiger partial charge >= 0.3 is 39.5 Å². The Hall–Kier alpha value is -1.94. The fourth-order valence-electron chi connectivity index (χ4n) is 12.2. The minimum absolute atomic E-state index is 0.106. The molecule has 0 fully saturated rings. The molecule has 0 aromatic heterocycles. The van der Waals surface area contributed by atoms with Gasteiger partial charge in [-0.25, -0.2) is 9.13 Å². The fraction of sp³-hybridized carbons (Fsp3) is 0.950. The molecule has 0 aliphatic rings. The normalized spacial score (nSPS) is 14.9. The van der Waals surface area contributed by atoms with Crippen LogP contribution in [-0.4, -0.2) is 96.7 Å². The molecule has 0 aliphatic heterocycles. The molecule has 588 valence electrons. The third kappa shape index (κ3) is 70.2. The summed E-state index contributed by atoms with van der Waals surface area (Å²) < 4.78 is 68.7. The molecule has 5 unspecified atom stereocenters. The molecule has 17 nitrogen and oxygen atoms in total. The lowest BCUT2D eigenvalue weighted by atomic mass is 9.99. The van der Waals surface area contributed by atoms with Crippen molar-refractivity contribution in [1.82, 2.24) is 0 Å². The molecule has 0 spiro atoms. The first-order valence-electron chi connectivity index (χ1n) is 41.3. The minimum Gasteiger partial charge on any atom is -0.462 e. The number of hydrogen-bond donors (Lipinski definition) is 3. The van der Waals surface area contributed by atoms with E-state index in [9.17, 15) is 43.2 Å². The van der Waals surface area contributed by atoms with Crippen LogP contribution in [0.25, 0.3) is 0 Å². The van der Waals surface area contributed by atoms with Gasteiger partial charge in [-0.1, -0.05) is 357 Å². The smallest absolute Gasteiger partial charge is 0.462 e. The van der Waals surface area contributed by atoms with Gasteiger partial charge in [0.1, 0.15) is 19.3 Å². The number of esters is 4. The van der Waals surface area contributed by atoms with E-state index in [1.165, 1.54) is 205 Å². The number of hydrogen-bond acceptors (Lipinski definition) is 15. The van der Waals surface area contributed by atoms with Gasteiger partial charge in [-0.2, -0.15) is 0 Å². The Morgan fingerprint density at radius 1 is 0.283 bits per heavy atom. The molecule has 19 heteroatoms. The van der Waals surface area contributed by atoms with Crippen LogP contribution in [0, 0.1) is 23.7 Å². The first kappa shape index (κ1) is 97.1. The van der Waals surface area contributed by atoms with E-state index in [4.69, 9.17) is 37.0 Å². The van der Waals surface area contributed by atoms with Crippen molar-refractivity contribution in [1.29, 1.82) is 0 Å². The molecule has 0 amide bonds. The lowest BCUT2D eigenvalue weighted by molar-refractivity contribution is -0.161. The average Bonchev–Trinajstić information content (AvgIpc) is 1.00. The van der Waals surface area contributed by atoms with Crippen molar-refractivity contribution >= 4 is 39.5 Å². The van der Waals surface area contributed by atoms with Crippen molar-refractivity contribution < 1.29 is 80.2 Å². The van der Waals surface area contributed by atoms with Gasteiger partial charge in [0, 0.05) is 25.7 Å². The van der Waals surface area contributed by atoms with Gasteiger partial charge in [-0.15, -0.1) is 0 Å². The molecule has 0 saturated heterocycles. The summed E-state index contributed by atoms with van der Waals surface area (Å²) in [7, 11) is -9.92. The quantitative estimate of drug-likeness (QED) is 0.0222. The van der Waals surface area contributed by atoms with E-state index in [1.807, 2.05) is 0 Å². The number of aliphatic hydroxyl groups excluding tert-OH is 1. The number of unbranched alkanes of at least 4 members (excludes halogenated alkanes) is 40. The van der Waals surface area contributed by atoms with Crippen LogP contribution in [-0.2, 0) is 65.4 Å². The molecule has 0 bridgehead atoms. The Bertz CT molecular complexity index is 1940. The van der Waals surface area contributed by atoms with Gasteiger partial charge in [-0.05, 0) is 49.4 Å². The first-order valence-corrected chi connectivity index (χ1v) is 44.3. The fourth-order valence-corrected chi connectivity index (χ4v) is 13.7. The molecular formula is C80H156O17P2. The number of ether oxygens (including phenoxy) is 4. The molecule has 0 radical (unpaired) electrons. The predicted molar refractivity (Wildman–Crippen MR) is 404 cm³/mol. The Morgan fingerprint density at radius 3 is 0.717 bits per heavy atom. The molecule has 0 aromatic carbocycles. The molecule has 0 aromatic rings. The molecule has 99 heavy (non-hydrogen) atoms. The summed E-state index contributed by atoms with van der Waals surface area (Å²) in [6.07, 6.45) is 55.3. The van der Waals surface area contributed by atoms with E-state index in [-0.39, 0.29) is 25.7 Å². The third-order valence-corrected chi connectivity index (χ3v) is 21.6. The van der Waals surface area contributed by atoms with Crippen molar-refractivity contribution in [3.63, 3.8) is 0 Å². The standard InChI is InChI=1S/C80H156O17P2/c1-9-71(6)57-49-41-33-27-21-17-13-15-19-23-31-37-47-55-63-80(85)97-76(67-91-78(83)61-53-45-39-38-43-51-59-73(8)11-3)69-95-99(88,89)93-65-74(81)64-92-98(86,87)94-68-75(66-90-77(82)60-52-44-35-29-25-24-28-34-42-50-58-72(7)10-2)96-79(84)62-54-46-36-30-22-18-14-12-16-20-26-32-40-48-56-70(4)5/h70-76,81H,9-69H2,1-8H3,(H,86,87)(H,88,89)/t71?,72?,73?,74-,75-,76-/m1/s1. The minimum atomic E-state index is -4.96. The Morgan fingerprint density at radius 2 is 0.485 bits per heavy atom. The van der Waals surface area contributed by atoms with Gasteiger partial charge in [0.05, 0.1) is 26.4 Å². The van der Waals surface area contributed by atoms with Crippen LogP contribution in [0.3, 0.4) is 0 Å². The van der Waals surface area contributed by atoms with Gasteiger partial charge < -0.3 is 33.8 Å². The largest absolute Gasteiger partial charge is 0.472 e. The van der Waals surface area contributed by atoms with E-state index in [0.29, 0.717) is 25.7 Å². The number of carbonyl (C=O) groups excluding carboxylic acids is 4. The van der Waals surface area contributed by atoms with Crippen molar-refractivity contribution in [2.75, 3.05) is 39.6 Å². The molecule has 3 N–H and O–H groups in total. The number of rotatable bonds is 77. The highest BCUT2D eigenvalue weighted by Crippen LogP contribution is 2.45. The maximum atomic E-state index is 13.1. The topological polar surface area (TPSA) is 237 Å².